The number of fused-ring (bicyclic) bond motifs is 1. The normalized spacial score (nSPS) is 11.4. The van der Waals surface area contributed by atoms with Gasteiger partial charge in [0.05, 0.1) is 33.4 Å². The van der Waals surface area contributed by atoms with Gasteiger partial charge in [0.25, 0.3) is 5.69 Å². The van der Waals surface area contributed by atoms with Gasteiger partial charge in [-0.1, -0.05) is 0 Å². The fourth-order valence-electron chi connectivity index (χ4n) is 2.64. The number of aromatic hydroxyl groups is 1. The zero-order valence-electron chi connectivity index (χ0n) is 13.7. The number of aromatic nitrogens is 2. The number of imidazole rings is 1. The number of phenols is 1. The standard InChI is InChI=1S/C18H12N4O5/c23-16-5-2-11(22(25)26)8-13(16)17-6-3-12(27-17)9-19-10-1-4-14-15(7-10)21-18(24)20-14/h1-9,23H,(H2,20,21,24). The zero-order chi connectivity index (χ0) is 19.0. The third-order valence-corrected chi connectivity index (χ3v) is 3.92. The van der Waals surface area contributed by atoms with E-state index in [1.807, 2.05) is 0 Å². The van der Waals surface area contributed by atoms with Crippen molar-refractivity contribution in [1.29, 1.82) is 0 Å². The summed E-state index contributed by atoms with van der Waals surface area (Å²) in [6.45, 7) is 0. The number of hydrogen-bond donors (Lipinski definition) is 3. The van der Waals surface area contributed by atoms with Gasteiger partial charge in [-0.2, -0.15) is 0 Å². The highest BCUT2D eigenvalue weighted by Gasteiger charge is 2.14. The van der Waals surface area contributed by atoms with Gasteiger partial charge >= 0.3 is 5.69 Å². The molecule has 9 heteroatoms. The van der Waals surface area contributed by atoms with Crippen LogP contribution in [-0.2, 0) is 0 Å². The maximum absolute atomic E-state index is 11.3. The number of furan rings is 1. The van der Waals surface area contributed by atoms with Crippen LogP contribution in [0.25, 0.3) is 22.4 Å². The fraction of sp³-hybridized carbons (Fsp3) is 0. The third kappa shape index (κ3) is 3.21. The van der Waals surface area contributed by atoms with Gasteiger partial charge in [0.1, 0.15) is 17.3 Å². The molecule has 0 bridgehead atoms. The Morgan fingerprint density at radius 1 is 1.07 bits per heavy atom. The number of non-ortho nitro benzene ring substituents is 1. The third-order valence-electron chi connectivity index (χ3n) is 3.92. The number of nitrogens with zero attached hydrogens (tertiary/aromatic N) is 2. The molecule has 9 nitrogen and oxygen atoms in total. The lowest BCUT2D eigenvalue weighted by atomic mass is 10.1. The van der Waals surface area contributed by atoms with Gasteiger partial charge in [-0.3, -0.25) is 15.1 Å². The molecule has 0 aliphatic rings. The van der Waals surface area contributed by atoms with E-state index in [1.54, 1.807) is 30.3 Å². The van der Waals surface area contributed by atoms with Crippen molar-refractivity contribution in [1.82, 2.24) is 9.97 Å². The van der Waals surface area contributed by atoms with E-state index in [0.29, 0.717) is 22.5 Å². The SMILES string of the molecule is O=c1[nH]c2ccc(N=Cc3ccc(-c4cc([N+](=O)[O-])ccc4O)o3)cc2[nH]1. The summed E-state index contributed by atoms with van der Waals surface area (Å²) in [6.07, 6.45) is 1.48. The summed E-state index contributed by atoms with van der Waals surface area (Å²) in [7, 11) is 0. The summed E-state index contributed by atoms with van der Waals surface area (Å²) < 4.78 is 5.60. The van der Waals surface area contributed by atoms with Crippen LogP contribution < -0.4 is 5.69 Å². The lowest BCUT2D eigenvalue weighted by molar-refractivity contribution is -0.384. The van der Waals surface area contributed by atoms with Crippen molar-refractivity contribution in [3.63, 3.8) is 0 Å². The predicted octanol–water partition coefficient (Wildman–Crippen LogP) is 3.48. The summed E-state index contributed by atoms with van der Waals surface area (Å²) in [5.41, 5.74) is 1.70. The zero-order valence-corrected chi connectivity index (χ0v) is 13.7. The monoisotopic (exact) mass is 364 g/mol. The molecule has 4 rings (SSSR count). The number of aliphatic imine (C=N–C) groups is 1. The molecule has 0 spiro atoms. The second kappa shape index (κ2) is 6.30. The van der Waals surface area contributed by atoms with E-state index >= 15 is 0 Å². The molecule has 0 fully saturated rings. The fourth-order valence-corrected chi connectivity index (χ4v) is 2.64. The first kappa shape index (κ1) is 16.3. The minimum absolute atomic E-state index is 0.125. The van der Waals surface area contributed by atoms with Crippen LogP contribution in [0.3, 0.4) is 0 Å². The Labute approximate surface area is 150 Å². The number of nitrogens with one attached hydrogen (secondary N) is 2. The molecule has 2 heterocycles. The smallest absolute Gasteiger partial charge is 0.323 e. The van der Waals surface area contributed by atoms with Crippen molar-refractivity contribution in [2.24, 2.45) is 4.99 Å². The number of H-pyrrole nitrogens is 2. The summed E-state index contributed by atoms with van der Waals surface area (Å²) in [5.74, 6) is 0.557. The topological polar surface area (TPSA) is 138 Å². The molecule has 0 radical (unpaired) electrons. The van der Waals surface area contributed by atoms with Crippen LogP contribution in [0.15, 0.2) is 62.7 Å². The van der Waals surface area contributed by atoms with Gasteiger partial charge in [0.2, 0.25) is 0 Å². The van der Waals surface area contributed by atoms with Crippen LogP contribution in [0.4, 0.5) is 11.4 Å². The predicted molar refractivity (Wildman–Crippen MR) is 98.6 cm³/mol. The number of phenolic OH excluding ortho intramolecular Hbond substituents is 1. The first-order valence-corrected chi connectivity index (χ1v) is 7.83. The molecule has 0 aliphatic carbocycles. The van der Waals surface area contributed by atoms with E-state index in [9.17, 15) is 20.0 Å². The molecule has 0 saturated heterocycles. The van der Waals surface area contributed by atoms with Crippen molar-refractivity contribution in [3.8, 4) is 17.1 Å². The molecule has 27 heavy (non-hydrogen) atoms. The van der Waals surface area contributed by atoms with Crippen molar-refractivity contribution in [3.05, 3.63) is 74.9 Å². The summed E-state index contributed by atoms with van der Waals surface area (Å²) in [5, 5.41) is 20.8. The highest BCUT2D eigenvalue weighted by molar-refractivity contribution is 5.83. The molecular weight excluding hydrogens is 352 g/mol. The lowest BCUT2D eigenvalue weighted by Crippen LogP contribution is -1.99. The molecule has 2 aromatic carbocycles. The highest BCUT2D eigenvalue weighted by Crippen LogP contribution is 2.33. The molecule has 134 valence electrons. The van der Waals surface area contributed by atoms with Gasteiger partial charge in [-0.05, 0) is 36.4 Å². The van der Waals surface area contributed by atoms with Crippen LogP contribution in [-0.4, -0.2) is 26.2 Å². The Hall–Kier alpha value is -4.14. The molecule has 0 aliphatic heterocycles. The molecule has 0 amide bonds. The Balaban J connectivity index is 1.62. The van der Waals surface area contributed by atoms with Gasteiger partial charge in [0.15, 0.2) is 0 Å². The van der Waals surface area contributed by atoms with E-state index < -0.39 is 4.92 Å². The lowest BCUT2D eigenvalue weighted by Gasteiger charge is -2.01. The van der Waals surface area contributed by atoms with Crippen molar-refractivity contribution in [2.75, 3.05) is 0 Å². The first-order chi connectivity index (χ1) is 13.0. The highest BCUT2D eigenvalue weighted by atomic mass is 16.6. The molecule has 2 aromatic heterocycles. The van der Waals surface area contributed by atoms with Crippen LogP contribution >= 0.6 is 0 Å². The Bertz CT molecular complexity index is 1250. The Morgan fingerprint density at radius 2 is 1.89 bits per heavy atom. The number of hydrogen-bond acceptors (Lipinski definition) is 6. The summed E-state index contributed by atoms with van der Waals surface area (Å²) >= 11 is 0. The van der Waals surface area contributed by atoms with Crippen LogP contribution in [0.5, 0.6) is 5.75 Å². The Morgan fingerprint density at radius 3 is 2.70 bits per heavy atom. The molecule has 0 atom stereocenters. The first-order valence-electron chi connectivity index (χ1n) is 7.83. The maximum Gasteiger partial charge on any atom is 0.323 e. The van der Waals surface area contributed by atoms with E-state index in [2.05, 4.69) is 15.0 Å². The molecular formula is C18H12N4O5. The van der Waals surface area contributed by atoms with Crippen LogP contribution in [0, 0.1) is 10.1 Å². The summed E-state index contributed by atoms with van der Waals surface area (Å²) in [6, 6.07) is 12.1. The largest absolute Gasteiger partial charge is 0.507 e. The van der Waals surface area contributed by atoms with E-state index in [1.165, 1.54) is 24.4 Å². The van der Waals surface area contributed by atoms with Gasteiger partial charge in [-0.15, -0.1) is 0 Å². The van der Waals surface area contributed by atoms with Crippen LogP contribution in [0.2, 0.25) is 0 Å². The van der Waals surface area contributed by atoms with Crippen LogP contribution in [0.1, 0.15) is 5.76 Å². The minimum atomic E-state index is -0.546. The molecule has 0 saturated carbocycles. The summed E-state index contributed by atoms with van der Waals surface area (Å²) in [4.78, 5) is 31.2. The molecule has 3 N–H and O–H groups in total. The average Bonchev–Trinajstić information content (AvgIpc) is 3.25. The van der Waals surface area contributed by atoms with Gasteiger partial charge in [-0.25, -0.2) is 4.79 Å². The van der Waals surface area contributed by atoms with Gasteiger partial charge < -0.3 is 19.5 Å². The minimum Gasteiger partial charge on any atom is -0.507 e. The number of nitro groups is 1. The van der Waals surface area contributed by atoms with Crippen molar-refractivity contribution in [2.45, 2.75) is 0 Å². The molecule has 4 aromatic rings. The average molecular weight is 364 g/mol. The van der Waals surface area contributed by atoms with E-state index in [0.717, 1.165) is 0 Å². The van der Waals surface area contributed by atoms with Crippen molar-refractivity contribution < 1.29 is 14.4 Å². The number of rotatable bonds is 4. The number of aromatic amines is 2. The number of nitro benzene ring substituents is 1. The van der Waals surface area contributed by atoms with Gasteiger partial charge in [0, 0.05) is 12.1 Å². The second-order valence-corrected chi connectivity index (χ2v) is 5.73. The van der Waals surface area contributed by atoms with Crippen molar-refractivity contribution >= 4 is 28.6 Å². The maximum atomic E-state index is 11.3. The second-order valence-electron chi connectivity index (χ2n) is 5.73. The van der Waals surface area contributed by atoms with E-state index in [4.69, 9.17) is 4.42 Å². The number of benzene rings is 2. The van der Waals surface area contributed by atoms with E-state index in [-0.39, 0.29) is 28.5 Å². The quantitative estimate of drug-likeness (QED) is 0.289. The Kier molecular flexibility index (Phi) is 3.81. The molecule has 0 unspecified atom stereocenters.